The van der Waals surface area contributed by atoms with Gasteiger partial charge in [-0.05, 0) is 26.8 Å². The van der Waals surface area contributed by atoms with Crippen molar-refractivity contribution in [1.82, 2.24) is 10.3 Å². The molecule has 0 bridgehead atoms. The van der Waals surface area contributed by atoms with E-state index in [4.69, 9.17) is 9.47 Å². The lowest BCUT2D eigenvalue weighted by Crippen LogP contribution is -2.43. The van der Waals surface area contributed by atoms with Gasteiger partial charge in [0.1, 0.15) is 5.60 Å². The number of hydrogen-bond donors (Lipinski definition) is 1. The van der Waals surface area contributed by atoms with Crippen LogP contribution in [-0.2, 0) is 14.3 Å². The summed E-state index contributed by atoms with van der Waals surface area (Å²) in [5.41, 5.74) is -1.13. The second kappa shape index (κ2) is 8.09. The third-order valence-electron chi connectivity index (χ3n) is 2.50. The molecule has 0 fully saturated rings. The SMILES string of the molecule is COC(=O)C(CNC(=O)OC(C)(C)C)Oc1ncccc1[N+](=O)[O-]. The first-order chi connectivity index (χ1) is 11.1. The van der Waals surface area contributed by atoms with E-state index in [0.29, 0.717) is 0 Å². The number of ether oxygens (including phenoxy) is 3. The Hall–Kier alpha value is -2.91. The Balaban J connectivity index is 2.82. The van der Waals surface area contributed by atoms with Gasteiger partial charge in [0.05, 0.1) is 18.6 Å². The molecule has 0 saturated heterocycles. The summed E-state index contributed by atoms with van der Waals surface area (Å²) in [4.78, 5) is 37.4. The molecule has 0 aromatic carbocycles. The van der Waals surface area contributed by atoms with Crippen LogP contribution >= 0.6 is 0 Å². The third-order valence-corrected chi connectivity index (χ3v) is 2.50. The first-order valence-electron chi connectivity index (χ1n) is 6.95. The quantitative estimate of drug-likeness (QED) is 0.467. The number of nitro groups is 1. The third kappa shape index (κ3) is 6.07. The highest BCUT2D eigenvalue weighted by molar-refractivity contribution is 5.76. The molecule has 0 aliphatic carbocycles. The molecule has 0 aliphatic heterocycles. The van der Waals surface area contributed by atoms with Gasteiger partial charge in [-0.25, -0.2) is 14.6 Å². The Bertz CT molecular complexity index is 613. The zero-order valence-corrected chi connectivity index (χ0v) is 13.8. The fraction of sp³-hybridized carbons (Fsp3) is 0.500. The molecule has 0 saturated carbocycles. The smallest absolute Gasteiger partial charge is 0.407 e. The number of amides is 1. The van der Waals surface area contributed by atoms with Crippen molar-refractivity contribution in [3.8, 4) is 5.88 Å². The van der Waals surface area contributed by atoms with E-state index in [0.717, 1.165) is 7.11 Å². The predicted octanol–water partition coefficient (Wildman–Crippen LogP) is 1.43. The Morgan fingerprint density at radius 3 is 2.62 bits per heavy atom. The molecule has 132 valence electrons. The lowest BCUT2D eigenvalue weighted by atomic mass is 10.2. The molecule has 0 spiro atoms. The van der Waals surface area contributed by atoms with Crippen LogP contribution in [0.25, 0.3) is 0 Å². The minimum absolute atomic E-state index is 0.310. The van der Waals surface area contributed by atoms with Crippen molar-refractivity contribution in [2.24, 2.45) is 0 Å². The predicted molar refractivity (Wildman–Crippen MR) is 81.6 cm³/mol. The number of carbonyl (C=O) groups excluding carboxylic acids is 2. The van der Waals surface area contributed by atoms with Crippen LogP contribution in [0.5, 0.6) is 5.88 Å². The number of nitrogens with one attached hydrogen (secondary N) is 1. The topological polar surface area (TPSA) is 130 Å². The number of nitrogens with zero attached hydrogens (tertiary/aromatic N) is 2. The molecular formula is C14H19N3O7. The maximum Gasteiger partial charge on any atom is 0.407 e. The Morgan fingerprint density at radius 1 is 1.42 bits per heavy atom. The number of carbonyl (C=O) groups is 2. The first kappa shape index (κ1) is 19.1. The molecule has 24 heavy (non-hydrogen) atoms. The standard InChI is InChI=1S/C14H19N3O7/c1-14(2,3)24-13(19)16-8-10(12(18)22-4)23-11-9(17(20)21)6-5-7-15-11/h5-7,10H,8H2,1-4H3,(H,16,19). The van der Waals surface area contributed by atoms with Crippen molar-refractivity contribution in [3.63, 3.8) is 0 Å². The zero-order valence-electron chi connectivity index (χ0n) is 13.8. The summed E-state index contributed by atoms with van der Waals surface area (Å²) in [6.07, 6.45) is -0.815. The average molecular weight is 341 g/mol. The fourth-order valence-corrected chi connectivity index (χ4v) is 1.54. The van der Waals surface area contributed by atoms with Crippen LogP contribution in [0, 0.1) is 10.1 Å². The van der Waals surface area contributed by atoms with Crippen molar-refractivity contribution in [1.29, 1.82) is 0 Å². The van der Waals surface area contributed by atoms with E-state index in [9.17, 15) is 19.7 Å². The molecule has 1 rings (SSSR count). The van der Waals surface area contributed by atoms with Crippen molar-refractivity contribution in [2.75, 3.05) is 13.7 Å². The molecule has 0 radical (unpaired) electrons. The maximum atomic E-state index is 11.8. The normalized spacial score (nSPS) is 12.0. The van der Waals surface area contributed by atoms with Crippen molar-refractivity contribution < 1.29 is 28.7 Å². The van der Waals surface area contributed by atoms with Gasteiger partial charge >= 0.3 is 17.7 Å². The number of pyridine rings is 1. The van der Waals surface area contributed by atoms with Crippen molar-refractivity contribution >= 4 is 17.7 Å². The number of alkyl carbamates (subject to hydrolysis) is 1. The van der Waals surface area contributed by atoms with Gasteiger partial charge in [-0.3, -0.25) is 10.1 Å². The van der Waals surface area contributed by atoms with E-state index in [1.54, 1.807) is 20.8 Å². The summed E-state index contributed by atoms with van der Waals surface area (Å²) in [6, 6.07) is 2.54. The highest BCUT2D eigenvalue weighted by atomic mass is 16.6. The van der Waals surface area contributed by atoms with E-state index in [1.165, 1.54) is 18.3 Å². The van der Waals surface area contributed by atoms with Gasteiger partial charge < -0.3 is 19.5 Å². The molecule has 10 heteroatoms. The minimum atomic E-state index is -1.32. The van der Waals surface area contributed by atoms with Gasteiger partial charge in [-0.15, -0.1) is 0 Å². The zero-order chi connectivity index (χ0) is 18.3. The molecule has 10 nitrogen and oxygen atoms in total. The number of methoxy groups -OCH3 is 1. The molecule has 0 aliphatic rings. The van der Waals surface area contributed by atoms with E-state index in [-0.39, 0.29) is 12.4 Å². The summed E-state index contributed by atoms with van der Waals surface area (Å²) in [6.45, 7) is 4.73. The van der Waals surface area contributed by atoms with Crippen molar-refractivity contribution in [3.05, 3.63) is 28.4 Å². The summed E-state index contributed by atoms with van der Waals surface area (Å²) >= 11 is 0. The summed E-state index contributed by atoms with van der Waals surface area (Å²) < 4.78 is 14.8. The highest BCUT2D eigenvalue weighted by Gasteiger charge is 2.27. The molecule has 1 aromatic rings. The lowest BCUT2D eigenvalue weighted by Gasteiger charge is -2.21. The molecule has 1 unspecified atom stereocenters. The summed E-state index contributed by atoms with van der Waals surface area (Å²) in [7, 11) is 1.12. The molecule has 1 atom stereocenters. The molecular weight excluding hydrogens is 322 g/mol. The highest BCUT2D eigenvalue weighted by Crippen LogP contribution is 2.24. The summed E-state index contributed by atoms with van der Waals surface area (Å²) in [5.74, 6) is -1.19. The van der Waals surface area contributed by atoms with E-state index < -0.39 is 34.4 Å². The van der Waals surface area contributed by atoms with Gasteiger partial charge in [-0.2, -0.15) is 0 Å². The molecule has 1 aromatic heterocycles. The number of hydrogen-bond acceptors (Lipinski definition) is 8. The van der Waals surface area contributed by atoms with Crippen LogP contribution in [0.1, 0.15) is 20.8 Å². The Labute approximate surface area is 138 Å². The number of aromatic nitrogens is 1. The van der Waals surface area contributed by atoms with Crippen molar-refractivity contribution in [2.45, 2.75) is 32.5 Å². The van der Waals surface area contributed by atoms with Gasteiger partial charge in [0, 0.05) is 12.3 Å². The van der Waals surface area contributed by atoms with E-state index >= 15 is 0 Å². The van der Waals surface area contributed by atoms with Crippen LogP contribution in [0.15, 0.2) is 18.3 Å². The number of esters is 1. The monoisotopic (exact) mass is 341 g/mol. The van der Waals surface area contributed by atoms with E-state index in [1.807, 2.05) is 0 Å². The fourth-order valence-electron chi connectivity index (χ4n) is 1.54. The second-order valence-corrected chi connectivity index (χ2v) is 5.60. The van der Waals surface area contributed by atoms with Crippen LogP contribution in [0.2, 0.25) is 0 Å². The van der Waals surface area contributed by atoms with Crippen LogP contribution in [0.3, 0.4) is 0 Å². The van der Waals surface area contributed by atoms with Gasteiger partial charge in [0.2, 0.25) is 6.10 Å². The molecule has 1 amide bonds. The first-order valence-corrected chi connectivity index (χ1v) is 6.95. The van der Waals surface area contributed by atoms with Gasteiger partial charge in [0.25, 0.3) is 5.88 Å². The van der Waals surface area contributed by atoms with Crippen LogP contribution in [0.4, 0.5) is 10.5 Å². The Morgan fingerprint density at radius 2 is 2.08 bits per heavy atom. The Kier molecular flexibility index (Phi) is 6.45. The van der Waals surface area contributed by atoms with Crippen LogP contribution in [-0.4, -0.2) is 47.3 Å². The average Bonchev–Trinajstić information content (AvgIpc) is 2.49. The summed E-state index contributed by atoms with van der Waals surface area (Å²) in [5, 5.41) is 13.3. The van der Waals surface area contributed by atoms with E-state index in [2.05, 4.69) is 15.0 Å². The lowest BCUT2D eigenvalue weighted by molar-refractivity contribution is -0.386. The maximum absolute atomic E-state index is 11.8. The van der Waals surface area contributed by atoms with Crippen LogP contribution < -0.4 is 10.1 Å². The molecule has 1 heterocycles. The van der Waals surface area contributed by atoms with Gasteiger partial charge in [0.15, 0.2) is 0 Å². The van der Waals surface area contributed by atoms with Gasteiger partial charge in [-0.1, -0.05) is 0 Å². The number of rotatable bonds is 6. The largest absolute Gasteiger partial charge is 0.466 e. The minimum Gasteiger partial charge on any atom is -0.466 e. The molecule has 1 N–H and O–H groups in total. The second-order valence-electron chi connectivity index (χ2n) is 5.60.